The van der Waals surface area contributed by atoms with E-state index in [1.807, 2.05) is 24.3 Å². The summed E-state index contributed by atoms with van der Waals surface area (Å²) >= 11 is 0. The second kappa shape index (κ2) is 16.2. The van der Waals surface area contributed by atoms with Gasteiger partial charge in [0.1, 0.15) is 5.75 Å². The highest BCUT2D eigenvalue weighted by molar-refractivity contribution is 7.55. The fraction of sp³-hybridized carbons (Fsp3) is 0.424. The number of anilines is 1. The first-order valence-corrected chi connectivity index (χ1v) is 16.4. The molecular formula is C33H40F4NO5P. The van der Waals surface area contributed by atoms with E-state index in [1.165, 1.54) is 45.6 Å². The SMILES string of the molecule is CCCCCCCCOc1ccc(-c2ccc(C(=O)Nc3cccc(C(F)(F)C(F)(F)P(=O)(OCC)OCC)c3)cc2)cc1. The van der Waals surface area contributed by atoms with Crippen LogP contribution in [-0.4, -0.2) is 31.4 Å². The monoisotopic (exact) mass is 637 g/mol. The average Bonchev–Trinajstić information content (AvgIpc) is 3.01. The molecule has 11 heteroatoms. The summed E-state index contributed by atoms with van der Waals surface area (Å²) < 4.78 is 87.4. The zero-order valence-electron chi connectivity index (χ0n) is 25.3. The largest absolute Gasteiger partial charge is 0.494 e. The summed E-state index contributed by atoms with van der Waals surface area (Å²) in [5.41, 5.74) is -4.48. The molecule has 0 radical (unpaired) electrons. The van der Waals surface area contributed by atoms with Crippen LogP contribution < -0.4 is 10.1 Å². The Hall–Kier alpha value is -3.20. The average molecular weight is 638 g/mol. The second-order valence-corrected chi connectivity index (χ2v) is 12.3. The molecule has 0 aliphatic rings. The first kappa shape index (κ1) is 35.3. The van der Waals surface area contributed by atoms with Crippen LogP contribution in [0.1, 0.15) is 75.2 Å². The number of halogens is 4. The first-order valence-electron chi connectivity index (χ1n) is 14.9. The molecule has 3 aromatic carbocycles. The molecule has 0 saturated carbocycles. The van der Waals surface area contributed by atoms with Gasteiger partial charge >= 0.3 is 19.2 Å². The van der Waals surface area contributed by atoms with Gasteiger partial charge in [-0.3, -0.25) is 9.36 Å². The van der Waals surface area contributed by atoms with Gasteiger partial charge in [0.25, 0.3) is 5.91 Å². The molecule has 1 amide bonds. The molecule has 0 aliphatic heterocycles. The third kappa shape index (κ3) is 8.71. The van der Waals surface area contributed by atoms with Crippen molar-refractivity contribution in [3.05, 3.63) is 83.9 Å². The minimum absolute atomic E-state index is 0.147. The predicted octanol–water partition coefficient (Wildman–Crippen LogP) is 10.3. The minimum Gasteiger partial charge on any atom is -0.494 e. The number of carbonyl (C=O) groups excluding carboxylic acids is 1. The number of hydrogen-bond acceptors (Lipinski definition) is 5. The normalized spacial score (nSPS) is 12.2. The van der Waals surface area contributed by atoms with Crippen LogP contribution in [0.25, 0.3) is 11.1 Å². The molecule has 0 atom stereocenters. The Bertz CT molecular complexity index is 1370. The van der Waals surface area contributed by atoms with Crippen LogP contribution in [0.5, 0.6) is 5.75 Å². The zero-order valence-corrected chi connectivity index (χ0v) is 26.2. The minimum atomic E-state index is -5.52. The fourth-order valence-electron chi connectivity index (χ4n) is 4.51. The lowest BCUT2D eigenvalue weighted by atomic mass is 10.0. The number of hydrogen-bond donors (Lipinski definition) is 1. The Morgan fingerprint density at radius 1 is 0.773 bits per heavy atom. The highest BCUT2D eigenvalue weighted by atomic mass is 31.2. The Morgan fingerprint density at radius 2 is 1.34 bits per heavy atom. The lowest BCUT2D eigenvalue weighted by Gasteiger charge is -2.32. The zero-order chi connectivity index (χ0) is 32.2. The molecule has 3 rings (SSSR count). The maximum absolute atomic E-state index is 15.1. The van der Waals surface area contributed by atoms with Gasteiger partial charge in [0, 0.05) is 16.8 Å². The molecule has 0 spiro atoms. The van der Waals surface area contributed by atoms with Gasteiger partial charge in [-0.1, -0.05) is 75.4 Å². The molecule has 0 bridgehead atoms. The molecular weight excluding hydrogens is 597 g/mol. The highest BCUT2D eigenvalue weighted by Crippen LogP contribution is 2.69. The standard InChI is InChI=1S/C33H40F4NO5P/c1-4-7-8-9-10-11-23-41-30-21-19-26(20-22-30)25-15-17-27(18-16-25)31(39)38-29-14-12-13-28(24-29)32(34,35)33(36,37)44(40,42-5-2)43-6-3/h12-22,24H,4-11,23H2,1-3H3,(H,38,39). The maximum atomic E-state index is 15.1. The lowest BCUT2D eigenvalue weighted by molar-refractivity contribution is -0.177. The quantitative estimate of drug-likeness (QED) is 0.0854. The summed E-state index contributed by atoms with van der Waals surface area (Å²) in [5.74, 6) is -4.77. The number of amides is 1. The molecule has 0 aromatic heterocycles. The number of alkyl halides is 4. The summed E-state index contributed by atoms with van der Waals surface area (Å²) in [4.78, 5) is 12.8. The predicted molar refractivity (Wildman–Crippen MR) is 165 cm³/mol. The van der Waals surface area contributed by atoms with Gasteiger partial charge in [-0.05, 0) is 67.8 Å². The van der Waals surface area contributed by atoms with Crippen LogP contribution >= 0.6 is 7.60 Å². The van der Waals surface area contributed by atoms with Gasteiger partial charge in [0.15, 0.2) is 0 Å². The van der Waals surface area contributed by atoms with Crippen molar-refractivity contribution < 1.29 is 40.7 Å². The number of unbranched alkanes of at least 4 members (excludes halogenated alkanes) is 5. The van der Waals surface area contributed by atoms with E-state index in [0.717, 1.165) is 41.9 Å². The first-order chi connectivity index (χ1) is 21.0. The van der Waals surface area contributed by atoms with Crippen molar-refractivity contribution in [3.8, 4) is 16.9 Å². The van der Waals surface area contributed by atoms with E-state index >= 15 is 8.78 Å². The van der Waals surface area contributed by atoms with Crippen molar-refractivity contribution in [2.24, 2.45) is 0 Å². The van der Waals surface area contributed by atoms with E-state index in [4.69, 9.17) is 4.74 Å². The van der Waals surface area contributed by atoms with Gasteiger partial charge in [-0.2, -0.15) is 17.6 Å². The van der Waals surface area contributed by atoms with Crippen LogP contribution in [0.2, 0.25) is 0 Å². The van der Waals surface area contributed by atoms with Crippen LogP contribution in [0.15, 0.2) is 72.8 Å². The summed E-state index contributed by atoms with van der Waals surface area (Å²) in [7, 11) is -5.52. The van der Waals surface area contributed by atoms with Crippen molar-refractivity contribution in [2.45, 2.75) is 70.9 Å². The third-order valence-corrected chi connectivity index (χ3v) is 9.07. The Morgan fingerprint density at radius 3 is 1.93 bits per heavy atom. The molecule has 3 aromatic rings. The third-order valence-electron chi connectivity index (χ3n) is 6.90. The van der Waals surface area contributed by atoms with E-state index in [0.29, 0.717) is 12.7 Å². The van der Waals surface area contributed by atoms with Gasteiger partial charge in [0.2, 0.25) is 0 Å². The van der Waals surface area contributed by atoms with Gasteiger partial charge in [0.05, 0.1) is 19.8 Å². The van der Waals surface area contributed by atoms with Gasteiger partial charge < -0.3 is 19.1 Å². The van der Waals surface area contributed by atoms with Gasteiger partial charge in [-0.15, -0.1) is 0 Å². The number of ether oxygens (including phenoxy) is 1. The second-order valence-electron chi connectivity index (χ2n) is 10.2. The Balaban J connectivity index is 1.64. The summed E-state index contributed by atoms with van der Waals surface area (Å²) in [6.07, 6.45) is 7.13. The molecule has 0 aliphatic carbocycles. The van der Waals surface area contributed by atoms with Crippen molar-refractivity contribution in [1.82, 2.24) is 0 Å². The van der Waals surface area contributed by atoms with Crippen LogP contribution in [0.3, 0.4) is 0 Å². The lowest BCUT2D eigenvalue weighted by Crippen LogP contribution is -2.39. The highest BCUT2D eigenvalue weighted by Gasteiger charge is 2.70. The molecule has 0 heterocycles. The molecule has 6 nitrogen and oxygen atoms in total. The van der Waals surface area contributed by atoms with Crippen LogP contribution in [-0.2, 0) is 19.5 Å². The fourth-order valence-corrected chi connectivity index (χ4v) is 6.06. The van der Waals surface area contributed by atoms with E-state index in [1.54, 1.807) is 24.3 Å². The van der Waals surface area contributed by atoms with E-state index < -0.39 is 43.9 Å². The summed E-state index contributed by atoms with van der Waals surface area (Å²) in [6, 6.07) is 18.1. The van der Waals surface area contributed by atoms with E-state index in [-0.39, 0.29) is 11.3 Å². The molecule has 0 saturated heterocycles. The number of nitrogens with one attached hydrogen (secondary N) is 1. The topological polar surface area (TPSA) is 73.9 Å². The molecule has 240 valence electrons. The van der Waals surface area contributed by atoms with Crippen molar-refractivity contribution >= 4 is 19.2 Å². The Kier molecular flexibility index (Phi) is 13.0. The number of benzene rings is 3. The summed E-state index contributed by atoms with van der Waals surface area (Å²) in [5, 5.41) is 2.45. The van der Waals surface area contributed by atoms with Crippen molar-refractivity contribution in [3.63, 3.8) is 0 Å². The van der Waals surface area contributed by atoms with Gasteiger partial charge in [-0.25, -0.2) is 0 Å². The van der Waals surface area contributed by atoms with Crippen LogP contribution in [0, 0.1) is 0 Å². The number of carbonyl (C=O) groups is 1. The number of rotatable bonds is 18. The smallest absolute Gasteiger partial charge is 0.411 e. The molecule has 44 heavy (non-hydrogen) atoms. The van der Waals surface area contributed by atoms with Crippen LogP contribution in [0.4, 0.5) is 23.2 Å². The molecule has 0 fully saturated rings. The maximum Gasteiger partial charge on any atom is 0.411 e. The molecule has 1 N–H and O–H groups in total. The van der Waals surface area contributed by atoms with Crippen molar-refractivity contribution in [1.29, 1.82) is 0 Å². The van der Waals surface area contributed by atoms with Crippen molar-refractivity contribution in [2.75, 3.05) is 25.1 Å². The Labute approximate surface area is 256 Å². The van der Waals surface area contributed by atoms with E-state index in [2.05, 4.69) is 21.3 Å². The molecule has 0 unspecified atom stereocenters. The summed E-state index contributed by atoms with van der Waals surface area (Å²) in [6.45, 7) is 4.31. The van der Waals surface area contributed by atoms with E-state index in [9.17, 15) is 18.1 Å².